The van der Waals surface area contributed by atoms with Crippen molar-refractivity contribution in [3.8, 4) is 11.4 Å². The molecule has 0 aliphatic heterocycles. The lowest BCUT2D eigenvalue weighted by atomic mass is 10.2. The number of rotatable bonds is 4. The average Bonchev–Trinajstić information content (AvgIpc) is 3.23. The summed E-state index contributed by atoms with van der Waals surface area (Å²) in [6, 6.07) is 13.7. The Morgan fingerprint density at radius 3 is 2.77 bits per heavy atom. The molecule has 2 N–H and O–H groups in total. The maximum absolute atomic E-state index is 5.31. The van der Waals surface area contributed by atoms with Crippen LogP contribution in [0.15, 0.2) is 59.5 Å². The Hall–Kier alpha value is -3.15. The predicted octanol–water partition coefficient (Wildman–Crippen LogP) is 3.23. The monoisotopic (exact) mass is 291 g/mol. The van der Waals surface area contributed by atoms with Gasteiger partial charge in [0.2, 0.25) is 0 Å². The molecule has 0 fully saturated rings. The molecule has 0 amide bonds. The van der Waals surface area contributed by atoms with E-state index in [1.54, 1.807) is 6.26 Å². The molecule has 22 heavy (non-hydrogen) atoms. The number of nitrogens with zero attached hydrogens (tertiary/aromatic N) is 3. The van der Waals surface area contributed by atoms with Crippen molar-refractivity contribution in [2.75, 3.05) is 5.32 Å². The summed E-state index contributed by atoms with van der Waals surface area (Å²) in [6.07, 6.45) is 3.16. The molecule has 0 saturated heterocycles. The number of furan rings is 1. The summed E-state index contributed by atoms with van der Waals surface area (Å²) in [7, 11) is 0. The molecule has 0 aliphatic rings. The number of anilines is 1. The molecule has 0 radical (unpaired) electrons. The summed E-state index contributed by atoms with van der Waals surface area (Å²) < 4.78 is 5.31. The Labute approximate surface area is 126 Å². The summed E-state index contributed by atoms with van der Waals surface area (Å²) in [5.41, 5.74) is 2.43. The van der Waals surface area contributed by atoms with Crippen LogP contribution in [0, 0.1) is 0 Å². The minimum atomic E-state index is 0.548. The van der Waals surface area contributed by atoms with E-state index in [0.29, 0.717) is 23.5 Å². The van der Waals surface area contributed by atoms with E-state index in [2.05, 4.69) is 25.3 Å². The van der Waals surface area contributed by atoms with Gasteiger partial charge in [-0.2, -0.15) is 0 Å². The first kappa shape index (κ1) is 12.6. The van der Waals surface area contributed by atoms with Gasteiger partial charge in [0.1, 0.15) is 17.9 Å². The topological polar surface area (TPSA) is 79.6 Å². The van der Waals surface area contributed by atoms with Crippen LogP contribution < -0.4 is 5.32 Å². The molecule has 6 heteroatoms. The largest absolute Gasteiger partial charge is 0.467 e. The molecule has 0 unspecified atom stereocenters. The van der Waals surface area contributed by atoms with Crippen LogP contribution in [0.25, 0.3) is 22.6 Å². The van der Waals surface area contributed by atoms with Gasteiger partial charge in [0.25, 0.3) is 0 Å². The normalized spacial score (nSPS) is 10.9. The summed E-state index contributed by atoms with van der Waals surface area (Å²) in [6.45, 7) is 0.548. The maximum atomic E-state index is 5.31. The highest BCUT2D eigenvalue weighted by Crippen LogP contribution is 2.23. The van der Waals surface area contributed by atoms with E-state index in [1.807, 2.05) is 42.5 Å². The number of aromatic nitrogens is 4. The third-order valence-electron chi connectivity index (χ3n) is 3.34. The summed E-state index contributed by atoms with van der Waals surface area (Å²) in [5.74, 6) is 2.29. The lowest BCUT2D eigenvalue weighted by Gasteiger charge is -2.02. The van der Waals surface area contributed by atoms with Gasteiger partial charge in [0, 0.05) is 5.56 Å². The van der Waals surface area contributed by atoms with Crippen molar-refractivity contribution in [3.05, 3.63) is 60.8 Å². The number of hydrogen-bond donors (Lipinski definition) is 2. The Morgan fingerprint density at radius 1 is 1.05 bits per heavy atom. The van der Waals surface area contributed by atoms with E-state index in [-0.39, 0.29) is 0 Å². The lowest BCUT2D eigenvalue weighted by molar-refractivity contribution is 0.518. The third-order valence-corrected chi connectivity index (χ3v) is 3.34. The molecule has 6 nitrogen and oxygen atoms in total. The van der Waals surface area contributed by atoms with Gasteiger partial charge in [-0.3, -0.25) is 0 Å². The molecule has 0 spiro atoms. The fourth-order valence-corrected chi connectivity index (χ4v) is 2.27. The van der Waals surface area contributed by atoms with Crippen molar-refractivity contribution < 1.29 is 4.42 Å². The van der Waals surface area contributed by atoms with Gasteiger partial charge >= 0.3 is 0 Å². The molecular formula is C16H13N5O. The van der Waals surface area contributed by atoms with E-state index in [0.717, 1.165) is 17.1 Å². The van der Waals surface area contributed by atoms with Gasteiger partial charge < -0.3 is 14.7 Å². The van der Waals surface area contributed by atoms with Gasteiger partial charge in [-0.25, -0.2) is 15.0 Å². The Balaban J connectivity index is 1.69. The van der Waals surface area contributed by atoms with Gasteiger partial charge in [-0.15, -0.1) is 0 Å². The zero-order valence-corrected chi connectivity index (χ0v) is 11.7. The van der Waals surface area contributed by atoms with Crippen molar-refractivity contribution in [2.24, 2.45) is 0 Å². The quantitative estimate of drug-likeness (QED) is 0.603. The van der Waals surface area contributed by atoms with E-state index >= 15 is 0 Å². The molecule has 0 saturated carbocycles. The SMILES string of the molecule is c1ccc(-c2nc3c(NCc4ccco4)ncnc3[nH]2)cc1. The van der Waals surface area contributed by atoms with E-state index in [9.17, 15) is 0 Å². The smallest absolute Gasteiger partial charge is 0.163 e. The standard InChI is InChI=1S/C16H13N5O/c1-2-5-11(6-3-1)14-20-13-15(18-10-19-16(13)21-14)17-9-12-7-4-8-22-12/h1-8,10H,9H2,(H2,17,18,19,20,21). The fraction of sp³-hybridized carbons (Fsp3) is 0.0625. The predicted molar refractivity (Wildman–Crippen MR) is 83.2 cm³/mol. The number of fused-ring (bicyclic) bond motifs is 1. The van der Waals surface area contributed by atoms with Gasteiger partial charge in [-0.1, -0.05) is 30.3 Å². The highest BCUT2D eigenvalue weighted by molar-refractivity contribution is 5.85. The van der Waals surface area contributed by atoms with Crippen LogP contribution >= 0.6 is 0 Å². The minimum Gasteiger partial charge on any atom is -0.467 e. The van der Waals surface area contributed by atoms with Crippen LogP contribution in [-0.4, -0.2) is 19.9 Å². The number of imidazole rings is 1. The zero-order chi connectivity index (χ0) is 14.8. The minimum absolute atomic E-state index is 0.548. The Morgan fingerprint density at radius 2 is 1.95 bits per heavy atom. The van der Waals surface area contributed by atoms with E-state index < -0.39 is 0 Å². The molecular weight excluding hydrogens is 278 g/mol. The first-order valence-electron chi connectivity index (χ1n) is 6.92. The number of hydrogen-bond acceptors (Lipinski definition) is 5. The zero-order valence-electron chi connectivity index (χ0n) is 11.7. The summed E-state index contributed by atoms with van der Waals surface area (Å²) in [5, 5.41) is 3.23. The van der Waals surface area contributed by atoms with Crippen molar-refractivity contribution in [1.29, 1.82) is 0 Å². The van der Waals surface area contributed by atoms with E-state index in [1.165, 1.54) is 6.33 Å². The van der Waals surface area contributed by atoms with Gasteiger partial charge in [0.05, 0.1) is 12.8 Å². The molecule has 3 heterocycles. The maximum Gasteiger partial charge on any atom is 0.163 e. The number of H-pyrrole nitrogens is 1. The lowest BCUT2D eigenvalue weighted by Crippen LogP contribution is -2.01. The molecule has 4 aromatic rings. The summed E-state index contributed by atoms with van der Waals surface area (Å²) >= 11 is 0. The van der Waals surface area contributed by atoms with Crippen LogP contribution in [0.4, 0.5) is 5.82 Å². The molecule has 0 bridgehead atoms. The first-order chi connectivity index (χ1) is 10.9. The number of benzene rings is 1. The van der Waals surface area contributed by atoms with Crippen molar-refractivity contribution in [3.63, 3.8) is 0 Å². The summed E-state index contributed by atoms with van der Waals surface area (Å²) in [4.78, 5) is 16.3. The fourth-order valence-electron chi connectivity index (χ4n) is 2.27. The third kappa shape index (κ3) is 2.31. The first-order valence-corrected chi connectivity index (χ1v) is 6.92. The molecule has 108 valence electrons. The second kappa shape index (κ2) is 5.33. The molecule has 0 aliphatic carbocycles. The average molecular weight is 291 g/mol. The van der Waals surface area contributed by atoms with Crippen LogP contribution in [0.1, 0.15) is 5.76 Å². The Kier molecular flexibility index (Phi) is 3.05. The van der Waals surface area contributed by atoms with Crippen LogP contribution in [0.5, 0.6) is 0 Å². The number of aromatic amines is 1. The van der Waals surface area contributed by atoms with Crippen LogP contribution in [0.2, 0.25) is 0 Å². The van der Waals surface area contributed by atoms with Crippen molar-refractivity contribution in [1.82, 2.24) is 19.9 Å². The van der Waals surface area contributed by atoms with Gasteiger partial charge in [-0.05, 0) is 12.1 Å². The molecule has 0 atom stereocenters. The second-order valence-corrected chi connectivity index (χ2v) is 4.80. The molecule has 4 rings (SSSR count). The van der Waals surface area contributed by atoms with E-state index in [4.69, 9.17) is 4.42 Å². The van der Waals surface area contributed by atoms with Crippen LogP contribution in [0.3, 0.4) is 0 Å². The van der Waals surface area contributed by atoms with Crippen molar-refractivity contribution in [2.45, 2.75) is 6.54 Å². The highest BCUT2D eigenvalue weighted by Gasteiger charge is 2.11. The van der Waals surface area contributed by atoms with Gasteiger partial charge in [0.15, 0.2) is 17.0 Å². The molecule has 3 aromatic heterocycles. The van der Waals surface area contributed by atoms with Crippen molar-refractivity contribution >= 4 is 17.0 Å². The Bertz CT molecular complexity index is 883. The number of nitrogens with one attached hydrogen (secondary N) is 2. The van der Waals surface area contributed by atoms with Crippen LogP contribution in [-0.2, 0) is 6.54 Å². The molecule has 1 aromatic carbocycles. The highest BCUT2D eigenvalue weighted by atomic mass is 16.3. The second-order valence-electron chi connectivity index (χ2n) is 4.80.